The molecule has 9 heteroatoms. The molecule has 0 unspecified atom stereocenters. The first-order valence-electron chi connectivity index (χ1n) is 8.92. The summed E-state index contributed by atoms with van der Waals surface area (Å²) in [7, 11) is -3.03. The molecule has 1 aromatic heterocycles. The lowest BCUT2D eigenvalue weighted by molar-refractivity contribution is -0.130. The number of hydrogen-bond donors (Lipinski definition) is 0. The number of amides is 1. The van der Waals surface area contributed by atoms with E-state index < -0.39 is 9.84 Å². The summed E-state index contributed by atoms with van der Waals surface area (Å²) in [5, 5.41) is 8.40. The van der Waals surface area contributed by atoms with Crippen molar-refractivity contribution in [1.29, 1.82) is 0 Å². The smallest absolute Gasteiger partial charge is 0.277 e. The van der Waals surface area contributed by atoms with Gasteiger partial charge in [-0.2, -0.15) is 0 Å². The number of carbonyl (C=O) groups is 1. The summed E-state index contributed by atoms with van der Waals surface area (Å²) in [6, 6.07) is 7.49. The number of sulfone groups is 1. The molecular weight excluding hydrogens is 386 g/mol. The van der Waals surface area contributed by atoms with Gasteiger partial charge >= 0.3 is 0 Å². The van der Waals surface area contributed by atoms with Crippen molar-refractivity contribution in [3.05, 3.63) is 29.8 Å². The zero-order valence-electron chi connectivity index (χ0n) is 15.4. The quantitative estimate of drug-likeness (QED) is 0.649. The highest BCUT2D eigenvalue weighted by atomic mass is 32.2. The molecule has 1 atom stereocenters. The molecule has 1 fully saturated rings. The summed E-state index contributed by atoms with van der Waals surface area (Å²) in [5.41, 5.74) is 1.90. The van der Waals surface area contributed by atoms with Crippen molar-refractivity contribution in [3.63, 3.8) is 0 Å². The number of thioether (sulfide) groups is 1. The molecular formula is C18H23N3O4S2. The number of aromatic nitrogens is 2. The molecule has 0 bridgehead atoms. The first-order valence-corrected chi connectivity index (χ1v) is 11.7. The van der Waals surface area contributed by atoms with E-state index in [0.717, 1.165) is 17.5 Å². The van der Waals surface area contributed by atoms with E-state index in [1.54, 1.807) is 4.90 Å². The van der Waals surface area contributed by atoms with E-state index in [1.807, 2.05) is 38.1 Å². The van der Waals surface area contributed by atoms with Crippen LogP contribution >= 0.6 is 11.8 Å². The lowest BCUT2D eigenvalue weighted by Gasteiger charge is -2.27. The van der Waals surface area contributed by atoms with Gasteiger partial charge < -0.3 is 9.32 Å². The second kappa shape index (κ2) is 8.43. The summed E-state index contributed by atoms with van der Waals surface area (Å²) < 4.78 is 29.2. The molecule has 2 heterocycles. The Hall–Kier alpha value is -1.87. The number of hydrogen-bond acceptors (Lipinski definition) is 7. The summed E-state index contributed by atoms with van der Waals surface area (Å²) in [5.74, 6) is 0.685. The van der Waals surface area contributed by atoms with Gasteiger partial charge in [0.05, 0.1) is 17.3 Å². The van der Waals surface area contributed by atoms with Crippen LogP contribution < -0.4 is 0 Å². The average molecular weight is 410 g/mol. The molecule has 1 saturated heterocycles. The zero-order chi connectivity index (χ0) is 19.4. The van der Waals surface area contributed by atoms with Crippen molar-refractivity contribution in [2.45, 2.75) is 38.0 Å². The Kier molecular flexibility index (Phi) is 6.21. The maximum Gasteiger partial charge on any atom is 0.277 e. The van der Waals surface area contributed by atoms with Crippen LogP contribution in [-0.4, -0.2) is 59.3 Å². The topological polar surface area (TPSA) is 93.4 Å². The van der Waals surface area contributed by atoms with Gasteiger partial charge in [-0.15, -0.1) is 10.2 Å². The van der Waals surface area contributed by atoms with Gasteiger partial charge in [0, 0.05) is 18.2 Å². The highest BCUT2D eigenvalue weighted by molar-refractivity contribution is 7.99. The zero-order valence-corrected chi connectivity index (χ0v) is 17.1. The average Bonchev–Trinajstić information content (AvgIpc) is 3.24. The first-order chi connectivity index (χ1) is 12.9. The van der Waals surface area contributed by atoms with Crippen LogP contribution in [0.5, 0.6) is 0 Å². The fourth-order valence-electron chi connectivity index (χ4n) is 3.17. The Morgan fingerprint density at radius 2 is 2.11 bits per heavy atom. The number of nitrogens with zero attached hydrogens (tertiary/aromatic N) is 3. The Balaban J connectivity index is 1.63. The van der Waals surface area contributed by atoms with Crippen LogP contribution in [0.15, 0.2) is 33.9 Å². The molecule has 0 saturated carbocycles. The number of rotatable bonds is 7. The van der Waals surface area contributed by atoms with E-state index in [0.29, 0.717) is 24.1 Å². The first kappa shape index (κ1) is 19.9. The Bertz CT molecular complexity index is 911. The minimum Gasteiger partial charge on any atom is -0.411 e. The number of aryl methyl sites for hydroxylation is 1. The molecule has 1 amide bonds. The van der Waals surface area contributed by atoms with Gasteiger partial charge in [0.1, 0.15) is 0 Å². The predicted molar refractivity (Wildman–Crippen MR) is 104 cm³/mol. The lowest BCUT2D eigenvalue weighted by atomic mass is 10.1. The van der Waals surface area contributed by atoms with Crippen LogP contribution in [-0.2, 0) is 14.6 Å². The van der Waals surface area contributed by atoms with Crippen molar-refractivity contribution in [3.8, 4) is 11.5 Å². The standard InChI is InChI=1S/C18H23N3O4S2/c1-3-9-21(14-8-10-27(23,24)12-14)16(22)11-26-18-20-19-17(25-18)15-7-5-4-6-13(15)2/h4-7,14H,3,8-12H2,1-2H3/t14-/m0/s1. The van der Waals surface area contributed by atoms with Crippen LogP contribution in [0.3, 0.4) is 0 Å². The summed E-state index contributed by atoms with van der Waals surface area (Å²) in [6.07, 6.45) is 1.29. The number of benzene rings is 1. The van der Waals surface area contributed by atoms with E-state index >= 15 is 0 Å². The summed E-state index contributed by atoms with van der Waals surface area (Å²) in [6.45, 7) is 4.50. The molecule has 0 radical (unpaired) electrons. The molecule has 2 aromatic rings. The maximum absolute atomic E-state index is 12.7. The predicted octanol–water partition coefficient (Wildman–Crippen LogP) is 2.56. The van der Waals surface area contributed by atoms with E-state index in [-0.39, 0.29) is 29.2 Å². The van der Waals surface area contributed by atoms with E-state index in [2.05, 4.69) is 10.2 Å². The third-order valence-corrected chi connectivity index (χ3v) is 7.09. The Labute approximate surface area is 163 Å². The largest absolute Gasteiger partial charge is 0.411 e. The molecule has 1 aliphatic heterocycles. The molecule has 0 aliphatic carbocycles. The van der Waals surface area contributed by atoms with Crippen LogP contribution in [0.1, 0.15) is 25.3 Å². The second-order valence-electron chi connectivity index (χ2n) is 6.62. The van der Waals surface area contributed by atoms with Gasteiger partial charge in [-0.1, -0.05) is 36.9 Å². The Morgan fingerprint density at radius 1 is 1.33 bits per heavy atom. The van der Waals surface area contributed by atoms with Gasteiger partial charge in [0.25, 0.3) is 5.22 Å². The van der Waals surface area contributed by atoms with Crippen LogP contribution in [0.2, 0.25) is 0 Å². The molecule has 146 valence electrons. The molecule has 3 rings (SSSR count). The molecule has 1 aliphatic rings. The maximum atomic E-state index is 12.7. The lowest BCUT2D eigenvalue weighted by Crippen LogP contribution is -2.42. The van der Waals surface area contributed by atoms with E-state index in [1.165, 1.54) is 11.8 Å². The normalized spacial score (nSPS) is 18.5. The molecule has 7 nitrogen and oxygen atoms in total. The highest BCUT2D eigenvalue weighted by Crippen LogP contribution is 2.26. The van der Waals surface area contributed by atoms with Crippen molar-refractivity contribution < 1.29 is 17.6 Å². The fourth-order valence-corrected chi connectivity index (χ4v) is 5.55. The number of carbonyl (C=O) groups excluding carboxylic acids is 1. The Morgan fingerprint density at radius 3 is 2.78 bits per heavy atom. The SMILES string of the molecule is CCCN(C(=O)CSc1nnc(-c2ccccc2C)o1)[C@H]1CCS(=O)(=O)C1. The summed E-state index contributed by atoms with van der Waals surface area (Å²) >= 11 is 1.18. The van der Waals surface area contributed by atoms with Gasteiger partial charge in [-0.05, 0) is 31.4 Å². The van der Waals surface area contributed by atoms with Gasteiger partial charge in [0.2, 0.25) is 11.8 Å². The van der Waals surface area contributed by atoms with Crippen molar-refractivity contribution in [1.82, 2.24) is 15.1 Å². The molecule has 0 N–H and O–H groups in total. The van der Waals surface area contributed by atoms with Crippen LogP contribution in [0.25, 0.3) is 11.5 Å². The van der Waals surface area contributed by atoms with Gasteiger partial charge in [-0.25, -0.2) is 8.42 Å². The van der Waals surface area contributed by atoms with Crippen molar-refractivity contribution in [2.75, 3.05) is 23.8 Å². The molecule has 27 heavy (non-hydrogen) atoms. The second-order valence-corrected chi connectivity index (χ2v) is 9.78. The fraction of sp³-hybridized carbons (Fsp3) is 0.500. The minimum absolute atomic E-state index is 0.0569. The van der Waals surface area contributed by atoms with Crippen molar-refractivity contribution >= 4 is 27.5 Å². The van der Waals surface area contributed by atoms with Crippen LogP contribution in [0, 0.1) is 6.92 Å². The van der Waals surface area contributed by atoms with Crippen molar-refractivity contribution in [2.24, 2.45) is 0 Å². The monoisotopic (exact) mass is 409 g/mol. The minimum atomic E-state index is -3.03. The van der Waals surface area contributed by atoms with Gasteiger partial charge in [0.15, 0.2) is 9.84 Å². The van der Waals surface area contributed by atoms with E-state index in [9.17, 15) is 13.2 Å². The molecule has 0 spiro atoms. The summed E-state index contributed by atoms with van der Waals surface area (Å²) in [4.78, 5) is 14.3. The van der Waals surface area contributed by atoms with Crippen LogP contribution in [0.4, 0.5) is 0 Å². The van der Waals surface area contributed by atoms with E-state index in [4.69, 9.17) is 4.42 Å². The van der Waals surface area contributed by atoms with Gasteiger partial charge in [-0.3, -0.25) is 4.79 Å². The third kappa shape index (κ3) is 4.90. The molecule has 1 aromatic carbocycles. The third-order valence-electron chi connectivity index (χ3n) is 4.54. The highest BCUT2D eigenvalue weighted by Gasteiger charge is 2.34.